The van der Waals surface area contributed by atoms with Crippen molar-refractivity contribution in [2.75, 3.05) is 0 Å². The first-order chi connectivity index (χ1) is 10.2. The number of nitrogens with zero attached hydrogens (tertiary/aromatic N) is 1. The van der Waals surface area contributed by atoms with E-state index in [1.807, 2.05) is 0 Å². The third kappa shape index (κ3) is 7.00. The molecule has 2 nitrogen and oxygen atoms in total. The standard InChI is InChI=1S/C13H27.C4H4NOS.Sn/c1-4-7-10-13(11-8-5-2)12-9-6-3;6-3-4-5-1-2-7-4;/h4-12H2,1-3H3;2,6H,3H2;. The van der Waals surface area contributed by atoms with E-state index in [0.717, 1.165) is 5.01 Å². The second kappa shape index (κ2) is 11.0. The number of hydrogen-bond donors (Lipinski definition) is 1. The summed E-state index contributed by atoms with van der Waals surface area (Å²) in [7, 11) is 0. The number of aromatic nitrogens is 1. The van der Waals surface area contributed by atoms with E-state index in [1.165, 1.54) is 61.5 Å². The van der Waals surface area contributed by atoms with Crippen LogP contribution in [0.3, 0.4) is 0 Å². The Balaban J connectivity index is 2.83. The molecule has 0 spiro atoms. The van der Waals surface area contributed by atoms with Crippen molar-refractivity contribution in [1.29, 1.82) is 0 Å². The Kier molecular flexibility index (Phi) is 10.2. The van der Waals surface area contributed by atoms with Gasteiger partial charge < -0.3 is 0 Å². The van der Waals surface area contributed by atoms with Gasteiger partial charge in [0.15, 0.2) is 0 Å². The van der Waals surface area contributed by atoms with Crippen molar-refractivity contribution in [2.45, 2.75) is 88.6 Å². The van der Waals surface area contributed by atoms with E-state index in [4.69, 9.17) is 0 Å². The number of unbranched alkanes of at least 4 members (excludes halogenated alkanes) is 3. The van der Waals surface area contributed by atoms with E-state index in [1.54, 1.807) is 11.3 Å². The number of aliphatic hydroxyl groups excluding tert-OH is 1. The molecule has 120 valence electrons. The van der Waals surface area contributed by atoms with Gasteiger partial charge in [0.25, 0.3) is 0 Å². The van der Waals surface area contributed by atoms with Gasteiger partial charge in [-0.2, -0.15) is 0 Å². The second-order valence-electron chi connectivity index (χ2n) is 6.00. The van der Waals surface area contributed by atoms with Crippen molar-refractivity contribution in [3.8, 4) is 0 Å². The molecule has 0 saturated carbocycles. The molecule has 0 bridgehead atoms. The van der Waals surface area contributed by atoms with Crippen LogP contribution < -0.4 is 3.71 Å². The number of hydrogen-bond acceptors (Lipinski definition) is 3. The SMILES string of the molecule is CCCC[C](CCCC)(CCCC)[Sn][c]1csc(CO)n1. The van der Waals surface area contributed by atoms with Gasteiger partial charge in [-0.1, -0.05) is 0 Å². The van der Waals surface area contributed by atoms with E-state index in [9.17, 15) is 5.11 Å². The zero-order valence-electron chi connectivity index (χ0n) is 14.0. The van der Waals surface area contributed by atoms with Crippen LogP contribution in [0.4, 0.5) is 0 Å². The van der Waals surface area contributed by atoms with Gasteiger partial charge in [-0.05, 0) is 0 Å². The molecule has 0 aromatic carbocycles. The summed E-state index contributed by atoms with van der Waals surface area (Å²) in [5.41, 5.74) is 0. The van der Waals surface area contributed by atoms with Crippen LogP contribution in [0, 0.1) is 0 Å². The fourth-order valence-corrected chi connectivity index (χ4v) is 9.33. The topological polar surface area (TPSA) is 33.1 Å². The summed E-state index contributed by atoms with van der Waals surface area (Å²) in [5, 5.41) is 12.4. The van der Waals surface area contributed by atoms with Gasteiger partial charge in [-0.15, -0.1) is 0 Å². The zero-order chi connectivity index (χ0) is 15.6. The molecule has 0 aliphatic rings. The van der Waals surface area contributed by atoms with Crippen LogP contribution >= 0.6 is 11.3 Å². The van der Waals surface area contributed by atoms with Crippen LogP contribution in [-0.4, -0.2) is 31.2 Å². The molecule has 0 fully saturated rings. The van der Waals surface area contributed by atoms with E-state index in [2.05, 4.69) is 31.1 Å². The van der Waals surface area contributed by atoms with Gasteiger partial charge in [0.2, 0.25) is 0 Å². The van der Waals surface area contributed by atoms with Gasteiger partial charge in [0.1, 0.15) is 0 Å². The van der Waals surface area contributed by atoms with Crippen molar-refractivity contribution in [3.63, 3.8) is 0 Å². The Labute approximate surface area is 145 Å². The van der Waals surface area contributed by atoms with Crippen molar-refractivity contribution >= 4 is 36.2 Å². The average molecular weight is 416 g/mol. The third-order valence-corrected chi connectivity index (χ3v) is 10.7. The minimum atomic E-state index is -0.694. The van der Waals surface area contributed by atoms with Crippen molar-refractivity contribution in [2.24, 2.45) is 0 Å². The first-order valence-electron chi connectivity index (χ1n) is 8.53. The molecule has 0 saturated heterocycles. The Morgan fingerprint density at radius 2 is 1.57 bits per heavy atom. The molecular formula is C17H31NOSSn. The zero-order valence-corrected chi connectivity index (χ0v) is 17.6. The molecule has 1 heterocycles. The maximum atomic E-state index is 9.24. The summed E-state index contributed by atoms with van der Waals surface area (Å²) in [5.74, 6) is 0. The predicted molar refractivity (Wildman–Crippen MR) is 94.7 cm³/mol. The van der Waals surface area contributed by atoms with Crippen LogP contribution in [0.15, 0.2) is 5.38 Å². The Morgan fingerprint density at radius 1 is 1.05 bits per heavy atom. The molecule has 21 heavy (non-hydrogen) atoms. The number of thiazole rings is 1. The molecular weight excluding hydrogens is 385 g/mol. The summed E-state index contributed by atoms with van der Waals surface area (Å²) in [6.45, 7) is 7.03. The summed E-state index contributed by atoms with van der Waals surface area (Å²) >= 11 is 0.949. The van der Waals surface area contributed by atoms with Crippen LogP contribution in [0.25, 0.3) is 0 Å². The van der Waals surface area contributed by atoms with Crippen molar-refractivity contribution < 1.29 is 5.11 Å². The normalized spacial score (nSPS) is 12.0. The fourth-order valence-electron chi connectivity index (χ4n) is 2.82. The number of aliphatic hydroxyl groups is 1. The van der Waals surface area contributed by atoms with Crippen LogP contribution in [0.5, 0.6) is 0 Å². The van der Waals surface area contributed by atoms with Crippen LogP contribution in [0.1, 0.15) is 83.6 Å². The van der Waals surface area contributed by atoms with Crippen molar-refractivity contribution in [1.82, 2.24) is 4.98 Å². The Morgan fingerprint density at radius 3 is 1.95 bits per heavy atom. The Hall–Kier alpha value is 0.389. The molecule has 1 N–H and O–H groups in total. The van der Waals surface area contributed by atoms with E-state index < -0.39 is 21.1 Å². The Bertz CT molecular complexity index is 359. The van der Waals surface area contributed by atoms with Gasteiger partial charge in [0, 0.05) is 0 Å². The van der Waals surface area contributed by atoms with Crippen LogP contribution in [0.2, 0.25) is 3.43 Å². The fraction of sp³-hybridized carbons (Fsp3) is 0.824. The average Bonchev–Trinajstić information content (AvgIpc) is 2.96. The van der Waals surface area contributed by atoms with E-state index in [-0.39, 0.29) is 6.61 Å². The molecule has 0 atom stereocenters. The first-order valence-corrected chi connectivity index (χ1v) is 12.3. The quantitative estimate of drug-likeness (QED) is 0.502. The predicted octanol–water partition coefficient (Wildman–Crippen LogP) is 4.69. The molecule has 0 aliphatic carbocycles. The molecule has 0 amide bonds. The summed E-state index contributed by atoms with van der Waals surface area (Å²) in [4.78, 5) is 4.68. The first kappa shape index (κ1) is 19.4. The molecule has 0 aliphatic heterocycles. The molecule has 1 aromatic heterocycles. The molecule has 0 unspecified atom stereocenters. The molecule has 2 radical (unpaired) electrons. The second-order valence-corrected chi connectivity index (χ2v) is 12.1. The summed E-state index contributed by atoms with van der Waals surface area (Å²) in [6.07, 6.45) is 12.2. The van der Waals surface area contributed by atoms with E-state index in [0.29, 0.717) is 3.43 Å². The maximum absolute atomic E-state index is 9.24. The minimum absolute atomic E-state index is 0.107. The molecule has 1 rings (SSSR count). The monoisotopic (exact) mass is 417 g/mol. The summed E-state index contributed by atoms with van der Waals surface area (Å²) < 4.78 is 1.97. The molecule has 1 aromatic rings. The summed E-state index contributed by atoms with van der Waals surface area (Å²) in [6, 6.07) is 0. The van der Waals surface area contributed by atoms with Gasteiger partial charge in [0.05, 0.1) is 0 Å². The third-order valence-electron chi connectivity index (χ3n) is 4.11. The number of rotatable bonds is 12. The van der Waals surface area contributed by atoms with Gasteiger partial charge in [-0.3, -0.25) is 0 Å². The van der Waals surface area contributed by atoms with Crippen LogP contribution in [-0.2, 0) is 6.61 Å². The van der Waals surface area contributed by atoms with Gasteiger partial charge >= 0.3 is 145 Å². The van der Waals surface area contributed by atoms with Gasteiger partial charge in [-0.25, -0.2) is 0 Å². The van der Waals surface area contributed by atoms with E-state index >= 15 is 0 Å². The van der Waals surface area contributed by atoms with Crippen molar-refractivity contribution in [3.05, 3.63) is 10.4 Å². The molecule has 4 heteroatoms.